The maximum absolute atomic E-state index is 5.93. The third-order valence-corrected chi connectivity index (χ3v) is 3.73. The zero-order valence-electron chi connectivity index (χ0n) is 13.4. The Morgan fingerprint density at radius 2 is 2.14 bits per heavy atom. The van der Waals surface area contributed by atoms with Crippen molar-refractivity contribution in [2.75, 3.05) is 20.3 Å². The van der Waals surface area contributed by atoms with E-state index in [0.717, 1.165) is 43.9 Å². The molecule has 4 nitrogen and oxygen atoms in total. The molecule has 1 aromatic carbocycles. The number of methoxy groups -OCH3 is 1. The summed E-state index contributed by atoms with van der Waals surface area (Å²) < 4.78 is 17.1. The summed E-state index contributed by atoms with van der Waals surface area (Å²) in [6.45, 7) is 6.74. The Hall–Kier alpha value is -1.26. The predicted octanol–water partition coefficient (Wildman–Crippen LogP) is 3.14. The van der Waals surface area contributed by atoms with Gasteiger partial charge in [-0.25, -0.2) is 0 Å². The first-order valence-electron chi connectivity index (χ1n) is 7.88. The lowest BCUT2D eigenvalue weighted by Gasteiger charge is -2.16. The monoisotopic (exact) mass is 293 g/mol. The fourth-order valence-electron chi connectivity index (χ4n) is 2.54. The van der Waals surface area contributed by atoms with Crippen LogP contribution in [0.1, 0.15) is 38.7 Å². The smallest absolute Gasteiger partial charge is 0.161 e. The maximum Gasteiger partial charge on any atom is 0.161 e. The van der Waals surface area contributed by atoms with Gasteiger partial charge in [-0.3, -0.25) is 0 Å². The van der Waals surface area contributed by atoms with Crippen LogP contribution in [0.4, 0.5) is 0 Å². The minimum Gasteiger partial charge on any atom is -0.493 e. The van der Waals surface area contributed by atoms with E-state index in [1.54, 1.807) is 7.11 Å². The number of rotatable bonds is 8. The summed E-state index contributed by atoms with van der Waals surface area (Å²) in [5.74, 6) is 1.58. The van der Waals surface area contributed by atoms with Crippen molar-refractivity contribution in [2.24, 2.45) is 0 Å². The van der Waals surface area contributed by atoms with Gasteiger partial charge in [0, 0.05) is 6.54 Å². The number of ether oxygens (including phenoxy) is 3. The van der Waals surface area contributed by atoms with Crippen molar-refractivity contribution < 1.29 is 14.2 Å². The molecule has 1 N–H and O–H groups in total. The zero-order valence-corrected chi connectivity index (χ0v) is 13.4. The van der Waals surface area contributed by atoms with Gasteiger partial charge in [0.2, 0.25) is 0 Å². The van der Waals surface area contributed by atoms with Crippen LogP contribution in [0.25, 0.3) is 0 Å². The Balaban J connectivity index is 1.93. The van der Waals surface area contributed by atoms with E-state index in [9.17, 15) is 0 Å². The molecule has 2 atom stereocenters. The molecule has 118 valence electrons. The molecule has 0 radical (unpaired) electrons. The second-order valence-electron chi connectivity index (χ2n) is 5.62. The third-order valence-electron chi connectivity index (χ3n) is 3.73. The van der Waals surface area contributed by atoms with Crippen molar-refractivity contribution in [3.05, 3.63) is 23.8 Å². The molecule has 0 aromatic heterocycles. The highest BCUT2D eigenvalue weighted by atomic mass is 16.6. The molecule has 1 aliphatic rings. The van der Waals surface area contributed by atoms with Gasteiger partial charge in [0.25, 0.3) is 0 Å². The van der Waals surface area contributed by atoms with Gasteiger partial charge < -0.3 is 19.5 Å². The van der Waals surface area contributed by atoms with Crippen LogP contribution in [0.3, 0.4) is 0 Å². The van der Waals surface area contributed by atoms with Gasteiger partial charge in [-0.15, -0.1) is 0 Å². The SMILES string of the molecule is CCCNCc1ccc(OC)c(OCC2CCC(C)O2)c1. The normalized spacial score (nSPS) is 21.5. The summed E-state index contributed by atoms with van der Waals surface area (Å²) >= 11 is 0. The van der Waals surface area contributed by atoms with Crippen molar-refractivity contribution in [2.45, 2.75) is 51.9 Å². The van der Waals surface area contributed by atoms with Gasteiger partial charge in [0.05, 0.1) is 19.3 Å². The Morgan fingerprint density at radius 1 is 1.29 bits per heavy atom. The Labute approximate surface area is 127 Å². The first-order chi connectivity index (χ1) is 10.2. The maximum atomic E-state index is 5.93. The molecule has 0 amide bonds. The molecular formula is C17H27NO3. The van der Waals surface area contributed by atoms with E-state index < -0.39 is 0 Å². The van der Waals surface area contributed by atoms with Crippen molar-refractivity contribution >= 4 is 0 Å². The van der Waals surface area contributed by atoms with Gasteiger partial charge in [0.15, 0.2) is 11.5 Å². The molecule has 2 unspecified atom stereocenters. The molecular weight excluding hydrogens is 266 g/mol. The van der Waals surface area contributed by atoms with E-state index in [-0.39, 0.29) is 6.10 Å². The highest BCUT2D eigenvalue weighted by Gasteiger charge is 2.22. The summed E-state index contributed by atoms with van der Waals surface area (Å²) in [5, 5.41) is 3.40. The van der Waals surface area contributed by atoms with Crippen LogP contribution in [0.15, 0.2) is 18.2 Å². The lowest BCUT2D eigenvalue weighted by atomic mass is 10.2. The topological polar surface area (TPSA) is 39.7 Å². The van der Waals surface area contributed by atoms with Gasteiger partial charge in [-0.05, 0) is 50.4 Å². The number of nitrogens with one attached hydrogen (secondary N) is 1. The molecule has 21 heavy (non-hydrogen) atoms. The fourth-order valence-corrected chi connectivity index (χ4v) is 2.54. The fraction of sp³-hybridized carbons (Fsp3) is 0.647. The second kappa shape index (κ2) is 8.25. The van der Waals surface area contributed by atoms with Crippen molar-refractivity contribution in [3.63, 3.8) is 0 Å². The van der Waals surface area contributed by atoms with Crippen LogP contribution in [0.5, 0.6) is 11.5 Å². The van der Waals surface area contributed by atoms with E-state index in [2.05, 4.69) is 31.3 Å². The lowest BCUT2D eigenvalue weighted by Crippen LogP contribution is -2.18. The molecule has 0 spiro atoms. The molecule has 2 rings (SSSR count). The molecule has 1 aromatic rings. The first kappa shape index (κ1) is 16.1. The van der Waals surface area contributed by atoms with Crippen LogP contribution in [0, 0.1) is 0 Å². The largest absolute Gasteiger partial charge is 0.493 e. The van der Waals surface area contributed by atoms with Gasteiger partial charge in [-0.1, -0.05) is 13.0 Å². The minimum absolute atomic E-state index is 0.201. The van der Waals surface area contributed by atoms with E-state index in [0.29, 0.717) is 12.7 Å². The van der Waals surface area contributed by atoms with E-state index in [1.165, 1.54) is 5.56 Å². The molecule has 0 saturated carbocycles. The van der Waals surface area contributed by atoms with Crippen molar-refractivity contribution in [1.29, 1.82) is 0 Å². The van der Waals surface area contributed by atoms with E-state index >= 15 is 0 Å². The third kappa shape index (κ3) is 4.90. The molecule has 0 aliphatic carbocycles. The molecule has 4 heteroatoms. The second-order valence-corrected chi connectivity index (χ2v) is 5.62. The summed E-state index contributed by atoms with van der Waals surface area (Å²) in [4.78, 5) is 0. The highest BCUT2D eigenvalue weighted by Crippen LogP contribution is 2.29. The van der Waals surface area contributed by atoms with Gasteiger partial charge >= 0.3 is 0 Å². The minimum atomic E-state index is 0.201. The van der Waals surface area contributed by atoms with Gasteiger partial charge in [0.1, 0.15) is 6.61 Å². The van der Waals surface area contributed by atoms with Crippen LogP contribution >= 0.6 is 0 Å². The Morgan fingerprint density at radius 3 is 2.81 bits per heavy atom. The first-order valence-corrected chi connectivity index (χ1v) is 7.88. The van der Waals surface area contributed by atoms with Gasteiger partial charge in [-0.2, -0.15) is 0 Å². The summed E-state index contributed by atoms with van der Waals surface area (Å²) in [5.41, 5.74) is 1.21. The Bertz CT molecular complexity index is 436. The van der Waals surface area contributed by atoms with Crippen molar-refractivity contribution in [1.82, 2.24) is 5.32 Å². The summed E-state index contributed by atoms with van der Waals surface area (Å²) in [6.07, 6.45) is 3.88. The molecule has 1 saturated heterocycles. The summed E-state index contributed by atoms with van der Waals surface area (Å²) in [6, 6.07) is 6.10. The quantitative estimate of drug-likeness (QED) is 0.748. The highest BCUT2D eigenvalue weighted by molar-refractivity contribution is 5.43. The zero-order chi connectivity index (χ0) is 15.1. The van der Waals surface area contributed by atoms with Crippen LogP contribution < -0.4 is 14.8 Å². The van der Waals surface area contributed by atoms with Crippen LogP contribution in [-0.2, 0) is 11.3 Å². The number of benzene rings is 1. The Kier molecular flexibility index (Phi) is 6.33. The van der Waals surface area contributed by atoms with E-state index in [1.807, 2.05) is 6.07 Å². The predicted molar refractivity (Wildman–Crippen MR) is 84.1 cm³/mol. The standard InChI is InChI=1S/C17H27NO3/c1-4-9-18-11-14-6-8-16(19-3)17(10-14)20-12-15-7-5-13(2)21-15/h6,8,10,13,15,18H,4-5,7,9,11-12H2,1-3H3. The number of hydrogen-bond acceptors (Lipinski definition) is 4. The molecule has 1 fully saturated rings. The average molecular weight is 293 g/mol. The molecule has 1 heterocycles. The van der Waals surface area contributed by atoms with Crippen LogP contribution in [-0.4, -0.2) is 32.5 Å². The lowest BCUT2D eigenvalue weighted by molar-refractivity contribution is 0.0259. The van der Waals surface area contributed by atoms with Crippen molar-refractivity contribution in [3.8, 4) is 11.5 Å². The average Bonchev–Trinajstić information content (AvgIpc) is 2.91. The number of hydrogen-bond donors (Lipinski definition) is 1. The summed E-state index contributed by atoms with van der Waals surface area (Å²) in [7, 11) is 1.67. The molecule has 0 bridgehead atoms. The van der Waals surface area contributed by atoms with Crippen LogP contribution in [0.2, 0.25) is 0 Å². The molecule has 1 aliphatic heterocycles. The van der Waals surface area contributed by atoms with E-state index in [4.69, 9.17) is 14.2 Å².